The lowest BCUT2D eigenvalue weighted by molar-refractivity contribution is -0.120. The topological polar surface area (TPSA) is 91.6 Å². The monoisotopic (exact) mass is 397 g/mol. The van der Waals surface area contributed by atoms with Crippen molar-refractivity contribution >= 4 is 27.3 Å². The second kappa shape index (κ2) is 8.81. The molecule has 1 atom stereocenters. The molecule has 3 rings (SSSR count). The maximum absolute atomic E-state index is 12.1. The molecule has 1 saturated heterocycles. The third-order valence-corrected chi connectivity index (χ3v) is 7.18. The Kier molecular flexibility index (Phi) is 6.47. The van der Waals surface area contributed by atoms with Gasteiger partial charge in [0.2, 0.25) is 5.91 Å². The van der Waals surface area contributed by atoms with Gasteiger partial charge < -0.3 is 9.73 Å². The van der Waals surface area contributed by atoms with Crippen LogP contribution in [0.1, 0.15) is 31.1 Å². The molecule has 0 saturated carbocycles. The highest BCUT2D eigenvalue weighted by molar-refractivity contribution is 7.91. The molecule has 142 valence electrons. The summed E-state index contributed by atoms with van der Waals surface area (Å²) < 4.78 is 32.2. The number of nitrogens with zero attached hydrogens (tertiary/aromatic N) is 1. The lowest BCUT2D eigenvalue weighted by Crippen LogP contribution is -2.43. The summed E-state index contributed by atoms with van der Waals surface area (Å²) in [7, 11) is -3.64. The number of carbonyl (C=O) groups is 1. The van der Waals surface area contributed by atoms with E-state index in [4.69, 9.17) is 4.42 Å². The van der Waals surface area contributed by atoms with Gasteiger partial charge in [0.25, 0.3) is 10.0 Å². The number of hydrogen-bond donors (Lipinski definition) is 2. The highest BCUT2D eigenvalue weighted by Crippen LogP contribution is 2.24. The van der Waals surface area contributed by atoms with E-state index in [0.29, 0.717) is 6.54 Å². The molecule has 0 aliphatic carbocycles. The Morgan fingerprint density at radius 3 is 2.69 bits per heavy atom. The summed E-state index contributed by atoms with van der Waals surface area (Å²) in [6.07, 6.45) is 5.11. The van der Waals surface area contributed by atoms with Crippen molar-refractivity contribution in [1.29, 1.82) is 0 Å². The van der Waals surface area contributed by atoms with Gasteiger partial charge in [0.15, 0.2) is 0 Å². The van der Waals surface area contributed by atoms with E-state index in [2.05, 4.69) is 14.9 Å². The first-order valence-electron chi connectivity index (χ1n) is 8.63. The Labute approximate surface area is 157 Å². The van der Waals surface area contributed by atoms with Crippen LogP contribution in [0.4, 0.5) is 0 Å². The summed E-state index contributed by atoms with van der Waals surface area (Å²) in [4.78, 5) is 14.4. The number of rotatable bonds is 8. The predicted molar refractivity (Wildman–Crippen MR) is 99.4 cm³/mol. The zero-order valence-corrected chi connectivity index (χ0v) is 16.0. The smallest absolute Gasteiger partial charge is 0.250 e. The van der Waals surface area contributed by atoms with Gasteiger partial charge in [-0.3, -0.25) is 9.69 Å². The van der Waals surface area contributed by atoms with E-state index in [1.54, 1.807) is 17.7 Å². The van der Waals surface area contributed by atoms with Gasteiger partial charge in [0, 0.05) is 6.54 Å². The third kappa shape index (κ3) is 4.94. The van der Waals surface area contributed by atoms with Gasteiger partial charge in [-0.15, -0.1) is 11.3 Å². The molecule has 1 fully saturated rings. The van der Waals surface area contributed by atoms with E-state index < -0.39 is 10.0 Å². The second-order valence-electron chi connectivity index (χ2n) is 6.19. The summed E-state index contributed by atoms with van der Waals surface area (Å²) in [6.45, 7) is 2.02. The molecule has 9 heteroatoms. The molecule has 26 heavy (non-hydrogen) atoms. The fraction of sp³-hybridized carbons (Fsp3) is 0.471. The van der Waals surface area contributed by atoms with Crippen molar-refractivity contribution in [2.75, 3.05) is 26.2 Å². The van der Waals surface area contributed by atoms with Crippen molar-refractivity contribution in [2.45, 2.75) is 29.5 Å². The minimum atomic E-state index is -3.64. The highest BCUT2D eigenvalue weighted by atomic mass is 32.2. The number of nitrogens with one attached hydrogen (secondary N) is 2. The zero-order valence-electron chi connectivity index (χ0n) is 14.4. The maximum Gasteiger partial charge on any atom is 0.250 e. The molecule has 2 aromatic heterocycles. The SMILES string of the molecule is O=C(CNS(=O)(=O)c1cccs1)NCC(c1ccco1)N1CCCCC1. The van der Waals surface area contributed by atoms with Crippen LogP contribution >= 0.6 is 11.3 Å². The summed E-state index contributed by atoms with van der Waals surface area (Å²) >= 11 is 1.12. The van der Waals surface area contributed by atoms with Crippen LogP contribution in [0.2, 0.25) is 0 Å². The van der Waals surface area contributed by atoms with Gasteiger partial charge in [-0.2, -0.15) is 0 Å². The average Bonchev–Trinajstić information content (AvgIpc) is 3.35. The van der Waals surface area contributed by atoms with Crippen LogP contribution in [0.5, 0.6) is 0 Å². The van der Waals surface area contributed by atoms with Crippen molar-refractivity contribution in [3.63, 3.8) is 0 Å². The first-order chi connectivity index (χ1) is 12.6. The number of thiophene rings is 1. The lowest BCUT2D eigenvalue weighted by Gasteiger charge is -2.33. The standard InChI is InChI=1S/C17H23N3O4S2/c21-16(13-19-26(22,23)17-7-5-11-25-17)18-12-14(15-6-4-10-24-15)20-8-2-1-3-9-20/h4-7,10-11,14,19H,1-3,8-9,12-13H2,(H,18,21). The van der Waals surface area contributed by atoms with E-state index in [1.807, 2.05) is 12.1 Å². The van der Waals surface area contributed by atoms with Gasteiger partial charge in [-0.05, 0) is 49.5 Å². The normalized spacial score (nSPS) is 17.1. The molecule has 3 heterocycles. The fourth-order valence-corrected chi connectivity index (χ4v) is 5.06. The van der Waals surface area contributed by atoms with Gasteiger partial charge in [0.1, 0.15) is 9.97 Å². The molecule has 2 aromatic rings. The Morgan fingerprint density at radius 1 is 1.23 bits per heavy atom. The average molecular weight is 398 g/mol. The molecule has 1 aliphatic rings. The van der Waals surface area contributed by atoms with Crippen LogP contribution in [0.25, 0.3) is 0 Å². The summed E-state index contributed by atoms with van der Waals surface area (Å²) in [5.41, 5.74) is 0. The minimum Gasteiger partial charge on any atom is -0.468 e. The number of piperidine rings is 1. The molecule has 0 bridgehead atoms. The molecule has 0 spiro atoms. The molecule has 1 amide bonds. The summed E-state index contributed by atoms with van der Waals surface area (Å²) in [6, 6.07) is 6.87. The van der Waals surface area contributed by atoms with Gasteiger partial charge >= 0.3 is 0 Å². The molecule has 0 aromatic carbocycles. The van der Waals surface area contributed by atoms with E-state index in [-0.39, 0.29) is 22.7 Å². The van der Waals surface area contributed by atoms with E-state index >= 15 is 0 Å². The number of furan rings is 1. The van der Waals surface area contributed by atoms with Crippen molar-refractivity contribution in [1.82, 2.24) is 14.9 Å². The Morgan fingerprint density at radius 2 is 2.04 bits per heavy atom. The summed E-state index contributed by atoms with van der Waals surface area (Å²) in [5, 5.41) is 4.50. The van der Waals surface area contributed by atoms with E-state index in [1.165, 1.54) is 12.5 Å². The van der Waals surface area contributed by atoms with Crippen LogP contribution < -0.4 is 10.0 Å². The van der Waals surface area contributed by atoms with Crippen molar-refractivity contribution in [2.24, 2.45) is 0 Å². The second-order valence-corrected chi connectivity index (χ2v) is 9.13. The molecule has 0 radical (unpaired) electrons. The quantitative estimate of drug-likeness (QED) is 0.711. The van der Waals surface area contributed by atoms with Gasteiger partial charge in [-0.1, -0.05) is 12.5 Å². The van der Waals surface area contributed by atoms with Crippen LogP contribution in [-0.2, 0) is 14.8 Å². The fourth-order valence-electron chi connectivity index (χ4n) is 3.04. The van der Waals surface area contributed by atoms with Gasteiger partial charge in [0.05, 0.1) is 18.8 Å². The van der Waals surface area contributed by atoms with Crippen molar-refractivity contribution in [3.8, 4) is 0 Å². The molecule has 1 aliphatic heterocycles. The van der Waals surface area contributed by atoms with Crippen LogP contribution in [0.15, 0.2) is 44.5 Å². The van der Waals surface area contributed by atoms with E-state index in [0.717, 1.165) is 43.0 Å². The van der Waals surface area contributed by atoms with Crippen molar-refractivity contribution in [3.05, 3.63) is 41.7 Å². The van der Waals surface area contributed by atoms with Crippen molar-refractivity contribution < 1.29 is 17.6 Å². The third-order valence-electron chi connectivity index (χ3n) is 4.38. The Bertz CT molecular complexity index is 782. The minimum absolute atomic E-state index is 0.0387. The lowest BCUT2D eigenvalue weighted by atomic mass is 10.1. The first-order valence-corrected chi connectivity index (χ1v) is 11.0. The van der Waals surface area contributed by atoms with Crippen LogP contribution in [0.3, 0.4) is 0 Å². The summed E-state index contributed by atoms with van der Waals surface area (Å²) in [5.74, 6) is 0.449. The maximum atomic E-state index is 12.1. The Balaban J connectivity index is 1.54. The Hall–Kier alpha value is -1.68. The number of carbonyl (C=O) groups excluding carboxylic acids is 1. The highest BCUT2D eigenvalue weighted by Gasteiger charge is 2.25. The largest absolute Gasteiger partial charge is 0.468 e. The number of sulfonamides is 1. The van der Waals surface area contributed by atoms with Crippen LogP contribution in [0, 0.1) is 0 Å². The zero-order chi connectivity index (χ0) is 18.4. The number of hydrogen-bond acceptors (Lipinski definition) is 6. The molecule has 7 nitrogen and oxygen atoms in total. The molecule has 1 unspecified atom stereocenters. The first kappa shape index (κ1) is 19.1. The van der Waals surface area contributed by atoms with E-state index in [9.17, 15) is 13.2 Å². The molecular formula is C17H23N3O4S2. The molecule has 2 N–H and O–H groups in total. The van der Waals surface area contributed by atoms with Gasteiger partial charge in [-0.25, -0.2) is 13.1 Å². The predicted octanol–water partition coefficient (Wildman–Crippen LogP) is 1.96. The number of amides is 1. The number of likely N-dealkylation sites (tertiary alicyclic amines) is 1. The van der Waals surface area contributed by atoms with Crippen LogP contribution in [-0.4, -0.2) is 45.4 Å². The molecular weight excluding hydrogens is 374 g/mol.